The van der Waals surface area contributed by atoms with E-state index in [0.717, 1.165) is 5.56 Å². The monoisotopic (exact) mass is 256 g/mol. The minimum atomic E-state index is -0.0261. The first kappa shape index (κ1) is 11.5. The van der Waals surface area contributed by atoms with Crippen molar-refractivity contribution in [1.29, 1.82) is 0 Å². The van der Waals surface area contributed by atoms with E-state index in [2.05, 4.69) is 10.3 Å². The number of carbonyl (C=O) groups excluding carboxylic acids is 1. The molecular weight excluding hydrogens is 244 g/mol. The number of phenols is 1. The lowest BCUT2D eigenvalue weighted by atomic mass is 10.1. The average molecular weight is 256 g/mol. The quantitative estimate of drug-likeness (QED) is 0.865. The number of hydrogen-bond acceptors (Lipinski definition) is 4. The number of hydrogen-bond donors (Lipinski definition) is 2. The first-order chi connectivity index (χ1) is 9.22. The van der Waals surface area contributed by atoms with Crippen molar-refractivity contribution >= 4 is 11.7 Å². The van der Waals surface area contributed by atoms with Gasteiger partial charge in [-0.1, -0.05) is 0 Å². The van der Waals surface area contributed by atoms with Gasteiger partial charge < -0.3 is 15.2 Å². The summed E-state index contributed by atoms with van der Waals surface area (Å²) >= 11 is 0. The number of aromatic hydroxyl groups is 1. The molecule has 2 N–H and O–H groups in total. The molecule has 1 aromatic carbocycles. The van der Waals surface area contributed by atoms with E-state index in [1.54, 1.807) is 36.5 Å². The Bertz CT molecular complexity index is 623. The molecule has 0 unspecified atom stereocenters. The van der Waals surface area contributed by atoms with Gasteiger partial charge in [0.25, 0.3) is 0 Å². The van der Waals surface area contributed by atoms with E-state index >= 15 is 0 Å². The van der Waals surface area contributed by atoms with Crippen LogP contribution in [-0.4, -0.2) is 16.0 Å². The molecule has 96 valence electrons. The molecule has 1 aromatic heterocycles. The second kappa shape index (κ2) is 4.61. The first-order valence-electron chi connectivity index (χ1n) is 5.97. The predicted octanol–water partition coefficient (Wildman–Crippen LogP) is 2.46. The molecule has 0 spiro atoms. The molecule has 0 bridgehead atoms. The number of ether oxygens (including phenoxy) is 1. The highest BCUT2D eigenvalue weighted by atomic mass is 16.5. The lowest BCUT2D eigenvalue weighted by molar-refractivity contribution is -0.116. The molecule has 0 saturated carbocycles. The normalized spacial score (nSPS) is 13.6. The van der Waals surface area contributed by atoms with Crippen LogP contribution in [0.1, 0.15) is 12.0 Å². The van der Waals surface area contributed by atoms with Gasteiger partial charge in [0.15, 0.2) is 0 Å². The third-order valence-electron chi connectivity index (χ3n) is 2.94. The first-order valence-corrected chi connectivity index (χ1v) is 5.97. The molecule has 1 aliphatic rings. The van der Waals surface area contributed by atoms with E-state index in [-0.39, 0.29) is 11.7 Å². The van der Waals surface area contributed by atoms with Crippen molar-refractivity contribution in [3.8, 4) is 17.2 Å². The maximum absolute atomic E-state index is 11.3. The summed E-state index contributed by atoms with van der Waals surface area (Å²) in [5.74, 6) is 2.03. The van der Waals surface area contributed by atoms with Gasteiger partial charge in [-0.2, -0.15) is 0 Å². The Kier molecular flexibility index (Phi) is 2.79. The van der Waals surface area contributed by atoms with Crippen LogP contribution in [0.2, 0.25) is 0 Å². The number of carbonyl (C=O) groups is 1. The van der Waals surface area contributed by atoms with E-state index in [4.69, 9.17) is 4.74 Å². The lowest BCUT2D eigenvalue weighted by Crippen LogP contribution is -2.20. The molecule has 0 atom stereocenters. The van der Waals surface area contributed by atoms with Gasteiger partial charge in [-0.05, 0) is 36.8 Å². The summed E-state index contributed by atoms with van der Waals surface area (Å²) in [6.45, 7) is 0. The maximum Gasteiger partial charge on any atom is 0.225 e. The summed E-state index contributed by atoms with van der Waals surface area (Å²) < 4.78 is 5.76. The van der Waals surface area contributed by atoms with E-state index in [9.17, 15) is 9.90 Å². The molecule has 1 aliphatic heterocycles. The van der Waals surface area contributed by atoms with E-state index < -0.39 is 0 Å². The minimum absolute atomic E-state index is 0.0261. The Labute approximate surface area is 109 Å². The fourth-order valence-corrected chi connectivity index (χ4v) is 1.99. The van der Waals surface area contributed by atoms with Gasteiger partial charge in [0.2, 0.25) is 5.91 Å². The van der Waals surface area contributed by atoms with Gasteiger partial charge in [0.1, 0.15) is 23.1 Å². The number of nitrogens with zero attached hydrogens (tertiary/aromatic N) is 1. The van der Waals surface area contributed by atoms with Gasteiger partial charge in [-0.15, -0.1) is 0 Å². The van der Waals surface area contributed by atoms with Crippen LogP contribution < -0.4 is 10.1 Å². The number of anilines is 1. The molecule has 0 fully saturated rings. The highest BCUT2D eigenvalue weighted by Crippen LogP contribution is 2.32. The number of rotatable bonds is 2. The molecule has 5 heteroatoms. The molecule has 1 amide bonds. The maximum atomic E-state index is 11.3. The molecule has 19 heavy (non-hydrogen) atoms. The van der Waals surface area contributed by atoms with Gasteiger partial charge in [0.05, 0.1) is 0 Å². The largest absolute Gasteiger partial charge is 0.508 e. The highest BCUT2D eigenvalue weighted by molar-refractivity contribution is 5.93. The zero-order chi connectivity index (χ0) is 13.2. The van der Waals surface area contributed by atoms with Crippen LogP contribution in [0.25, 0.3) is 0 Å². The van der Waals surface area contributed by atoms with Crippen molar-refractivity contribution in [3.05, 3.63) is 42.1 Å². The Morgan fingerprint density at radius 3 is 2.74 bits per heavy atom. The molecule has 2 aromatic rings. The van der Waals surface area contributed by atoms with Crippen LogP contribution >= 0.6 is 0 Å². The summed E-state index contributed by atoms with van der Waals surface area (Å²) in [6, 6.07) is 8.26. The van der Waals surface area contributed by atoms with Crippen molar-refractivity contribution < 1.29 is 14.6 Å². The summed E-state index contributed by atoms with van der Waals surface area (Å²) in [4.78, 5) is 15.4. The molecule has 0 radical (unpaired) electrons. The fourth-order valence-electron chi connectivity index (χ4n) is 1.99. The van der Waals surface area contributed by atoms with Crippen LogP contribution in [0.4, 0.5) is 5.82 Å². The van der Waals surface area contributed by atoms with E-state index in [0.29, 0.717) is 30.2 Å². The molecular formula is C14H12N2O3. The fraction of sp³-hybridized carbons (Fsp3) is 0.143. The van der Waals surface area contributed by atoms with Crippen LogP contribution in [0.5, 0.6) is 17.2 Å². The highest BCUT2D eigenvalue weighted by Gasteiger charge is 2.19. The summed E-state index contributed by atoms with van der Waals surface area (Å²) in [7, 11) is 0. The van der Waals surface area contributed by atoms with Gasteiger partial charge in [-0.25, -0.2) is 4.98 Å². The second-order valence-corrected chi connectivity index (χ2v) is 4.28. The number of pyridine rings is 1. The van der Waals surface area contributed by atoms with Crippen LogP contribution in [-0.2, 0) is 11.2 Å². The van der Waals surface area contributed by atoms with Gasteiger partial charge in [-0.3, -0.25) is 4.79 Å². The number of amides is 1. The number of aromatic nitrogens is 1. The second-order valence-electron chi connectivity index (χ2n) is 4.28. The minimum Gasteiger partial charge on any atom is -0.508 e. The molecule has 5 nitrogen and oxygen atoms in total. The number of benzene rings is 1. The Balaban J connectivity index is 1.91. The average Bonchev–Trinajstić information content (AvgIpc) is 2.41. The third kappa shape index (κ3) is 2.35. The SMILES string of the molecule is O=C1CCc2c(Oc3ccc(O)cc3)ccnc2N1. The lowest BCUT2D eigenvalue weighted by Gasteiger charge is -2.18. The summed E-state index contributed by atoms with van der Waals surface area (Å²) in [5.41, 5.74) is 0.898. The van der Waals surface area contributed by atoms with Crippen molar-refractivity contribution in [1.82, 2.24) is 4.98 Å². The van der Waals surface area contributed by atoms with Crippen LogP contribution in [0.15, 0.2) is 36.5 Å². The Hall–Kier alpha value is -2.56. The number of phenolic OH excluding ortho intramolecular Hbond substituents is 1. The molecule has 0 saturated heterocycles. The zero-order valence-corrected chi connectivity index (χ0v) is 10.1. The predicted molar refractivity (Wildman–Crippen MR) is 69.4 cm³/mol. The summed E-state index contributed by atoms with van der Waals surface area (Å²) in [6.07, 6.45) is 2.65. The Morgan fingerprint density at radius 1 is 1.16 bits per heavy atom. The van der Waals surface area contributed by atoms with Crippen LogP contribution in [0, 0.1) is 0 Å². The van der Waals surface area contributed by atoms with Crippen molar-refractivity contribution in [2.24, 2.45) is 0 Å². The Morgan fingerprint density at radius 2 is 1.95 bits per heavy atom. The van der Waals surface area contributed by atoms with Gasteiger partial charge >= 0.3 is 0 Å². The topological polar surface area (TPSA) is 71.5 Å². The summed E-state index contributed by atoms with van der Waals surface area (Å²) in [5, 5.41) is 12.0. The standard InChI is InChI=1S/C14H12N2O3/c17-9-1-3-10(4-2-9)19-12-7-8-15-14-11(12)5-6-13(18)16-14/h1-4,7-8,17H,5-6H2,(H,15,16,18). The van der Waals surface area contributed by atoms with E-state index in [1.807, 2.05) is 0 Å². The third-order valence-corrected chi connectivity index (χ3v) is 2.94. The van der Waals surface area contributed by atoms with Gasteiger partial charge in [0, 0.05) is 18.2 Å². The molecule has 2 heterocycles. The zero-order valence-electron chi connectivity index (χ0n) is 10.1. The van der Waals surface area contributed by atoms with Crippen LogP contribution in [0.3, 0.4) is 0 Å². The van der Waals surface area contributed by atoms with Crippen molar-refractivity contribution in [3.63, 3.8) is 0 Å². The van der Waals surface area contributed by atoms with E-state index in [1.165, 1.54) is 0 Å². The number of nitrogens with one attached hydrogen (secondary N) is 1. The smallest absolute Gasteiger partial charge is 0.225 e. The molecule has 3 rings (SSSR count). The molecule has 0 aliphatic carbocycles. The number of fused-ring (bicyclic) bond motifs is 1. The van der Waals surface area contributed by atoms with Crippen molar-refractivity contribution in [2.75, 3.05) is 5.32 Å². The van der Waals surface area contributed by atoms with Crippen molar-refractivity contribution in [2.45, 2.75) is 12.8 Å².